The van der Waals surface area contributed by atoms with Crippen molar-refractivity contribution in [2.75, 3.05) is 13.2 Å². The third kappa shape index (κ3) is 7.44. The molecule has 4 aromatic rings. The van der Waals surface area contributed by atoms with E-state index in [1.54, 1.807) is 12.1 Å². The number of carboxylic acid groups (broad SMARTS) is 2. The Morgan fingerprint density at radius 1 is 0.718 bits per heavy atom. The number of carboxylic acids is 2. The third-order valence-corrected chi connectivity index (χ3v) is 6.72. The van der Waals surface area contributed by atoms with Gasteiger partial charge in [-0.3, -0.25) is 0 Å². The monoisotopic (exact) mass is 530 g/mol. The van der Waals surface area contributed by atoms with Crippen molar-refractivity contribution in [1.29, 1.82) is 0 Å². The first kappa shape index (κ1) is 27.8. The topological polar surface area (TPSA) is 119 Å². The Morgan fingerprint density at radius 3 is 1.67 bits per heavy atom. The summed E-state index contributed by atoms with van der Waals surface area (Å²) >= 11 is 0. The van der Waals surface area contributed by atoms with Gasteiger partial charge < -0.3 is 19.7 Å². The van der Waals surface area contributed by atoms with Crippen LogP contribution in [0.25, 0.3) is 21.8 Å². The number of para-hydroxylation sites is 2. The molecule has 2 aromatic heterocycles. The average molecular weight is 531 g/mol. The van der Waals surface area contributed by atoms with Crippen LogP contribution in [0.2, 0.25) is 0 Å². The fourth-order valence-corrected chi connectivity index (χ4v) is 4.54. The molecule has 0 saturated carbocycles. The van der Waals surface area contributed by atoms with Gasteiger partial charge in [0.05, 0.1) is 24.2 Å². The van der Waals surface area contributed by atoms with E-state index in [9.17, 15) is 19.8 Å². The second kappa shape index (κ2) is 13.6. The lowest BCUT2D eigenvalue weighted by Gasteiger charge is -2.19. The van der Waals surface area contributed by atoms with Crippen molar-refractivity contribution >= 4 is 33.7 Å². The number of aromatic carboxylic acids is 2. The molecule has 0 unspecified atom stereocenters. The molecule has 4 rings (SSSR count). The minimum absolute atomic E-state index is 0.00251. The van der Waals surface area contributed by atoms with Gasteiger partial charge in [-0.25, -0.2) is 19.6 Å². The summed E-state index contributed by atoms with van der Waals surface area (Å²) in [6.07, 6.45) is 7.53. The summed E-state index contributed by atoms with van der Waals surface area (Å²) in [4.78, 5) is 32.7. The number of rotatable bonds is 15. The molecule has 2 aromatic carbocycles. The minimum Gasteiger partial charge on any atom is -0.477 e. The Balaban J connectivity index is 1.51. The highest BCUT2D eigenvalue weighted by atomic mass is 16.5. The van der Waals surface area contributed by atoms with Gasteiger partial charge in [0.15, 0.2) is 0 Å². The lowest BCUT2D eigenvalue weighted by atomic mass is 10.0. The van der Waals surface area contributed by atoms with Gasteiger partial charge in [0.2, 0.25) is 11.8 Å². The lowest BCUT2D eigenvalue weighted by Crippen LogP contribution is -2.22. The Hall–Kier alpha value is -4.20. The summed E-state index contributed by atoms with van der Waals surface area (Å²) < 4.78 is 12.0. The molecule has 0 aliphatic rings. The molecule has 2 N–H and O–H groups in total. The zero-order valence-electron chi connectivity index (χ0n) is 22.1. The fraction of sp³-hybridized carbons (Fsp3) is 0.355. The van der Waals surface area contributed by atoms with Crippen molar-refractivity contribution in [3.05, 3.63) is 71.8 Å². The first-order valence-corrected chi connectivity index (χ1v) is 13.5. The van der Waals surface area contributed by atoms with Crippen molar-refractivity contribution in [3.8, 4) is 11.8 Å². The SMILES string of the molecule is CCCCCCCCC(COc1nc2ccccc2cc1C(=O)O)COc1nc2ccccc2cc1C(=O)O. The minimum atomic E-state index is -1.11. The number of benzene rings is 2. The third-order valence-electron chi connectivity index (χ3n) is 6.72. The van der Waals surface area contributed by atoms with Crippen LogP contribution >= 0.6 is 0 Å². The Labute approximate surface area is 227 Å². The average Bonchev–Trinajstić information content (AvgIpc) is 2.94. The molecule has 0 aliphatic heterocycles. The second-order valence-electron chi connectivity index (χ2n) is 9.72. The maximum atomic E-state index is 11.9. The Bertz CT molecular complexity index is 1340. The van der Waals surface area contributed by atoms with Gasteiger partial charge in [0.25, 0.3) is 0 Å². The van der Waals surface area contributed by atoms with E-state index in [1.165, 1.54) is 19.3 Å². The van der Waals surface area contributed by atoms with Crippen LogP contribution in [0.5, 0.6) is 11.8 Å². The first-order chi connectivity index (χ1) is 19.0. The quantitative estimate of drug-likeness (QED) is 0.158. The van der Waals surface area contributed by atoms with Gasteiger partial charge in [0.1, 0.15) is 11.1 Å². The predicted molar refractivity (Wildman–Crippen MR) is 150 cm³/mol. The van der Waals surface area contributed by atoms with Gasteiger partial charge >= 0.3 is 11.9 Å². The number of carbonyl (C=O) groups is 2. The molecule has 8 nitrogen and oxygen atoms in total. The summed E-state index contributed by atoms with van der Waals surface area (Å²) in [6, 6.07) is 17.7. The lowest BCUT2D eigenvalue weighted by molar-refractivity contribution is 0.0681. The van der Waals surface area contributed by atoms with Gasteiger partial charge in [-0.1, -0.05) is 81.8 Å². The second-order valence-corrected chi connectivity index (χ2v) is 9.72. The molecule has 0 saturated heterocycles. The van der Waals surface area contributed by atoms with E-state index >= 15 is 0 Å². The molecular weight excluding hydrogens is 496 g/mol. The molecular formula is C31H34N2O6. The zero-order valence-corrected chi connectivity index (χ0v) is 22.1. The molecule has 0 amide bonds. The van der Waals surface area contributed by atoms with Crippen LogP contribution in [0, 0.1) is 5.92 Å². The molecule has 0 aliphatic carbocycles. The highest BCUT2D eigenvalue weighted by Crippen LogP contribution is 2.26. The normalized spacial score (nSPS) is 11.2. The number of pyridine rings is 2. The molecule has 204 valence electrons. The van der Waals surface area contributed by atoms with E-state index in [0.717, 1.165) is 36.5 Å². The number of ether oxygens (including phenoxy) is 2. The van der Waals surface area contributed by atoms with Gasteiger partial charge in [-0.2, -0.15) is 0 Å². The van der Waals surface area contributed by atoms with E-state index in [2.05, 4.69) is 16.9 Å². The number of nitrogens with zero attached hydrogens (tertiary/aromatic N) is 2. The largest absolute Gasteiger partial charge is 0.477 e. The predicted octanol–water partition coefficient (Wildman–Crippen LogP) is 7.00. The van der Waals surface area contributed by atoms with Gasteiger partial charge in [-0.15, -0.1) is 0 Å². The van der Waals surface area contributed by atoms with E-state index in [1.807, 2.05) is 48.5 Å². The van der Waals surface area contributed by atoms with Crippen molar-refractivity contribution in [2.45, 2.75) is 51.9 Å². The summed E-state index contributed by atoms with van der Waals surface area (Å²) in [7, 11) is 0. The van der Waals surface area contributed by atoms with Crippen molar-refractivity contribution in [3.63, 3.8) is 0 Å². The van der Waals surface area contributed by atoms with Crippen molar-refractivity contribution < 1.29 is 29.3 Å². The van der Waals surface area contributed by atoms with Crippen LogP contribution in [0.4, 0.5) is 0 Å². The number of aromatic nitrogens is 2. The first-order valence-electron chi connectivity index (χ1n) is 13.5. The maximum Gasteiger partial charge on any atom is 0.341 e. The number of hydrogen-bond acceptors (Lipinski definition) is 6. The molecule has 2 heterocycles. The van der Waals surface area contributed by atoms with Crippen LogP contribution in [0.15, 0.2) is 60.7 Å². The maximum absolute atomic E-state index is 11.9. The summed E-state index contributed by atoms with van der Waals surface area (Å²) in [6.45, 7) is 2.54. The van der Waals surface area contributed by atoms with Crippen LogP contribution in [-0.2, 0) is 0 Å². The molecule has 0 spiro atoms. The van der Waals surface area contributed by atoms with Crippen molar-refractivity contribution in [2.24, 2.45) is 5.92 Å². The molecule has 0 radical (unpaired) electrons. The van der Waals surface area contributed by atoms with E-state index in [4.69, 9.17) is 9.47 Å². The van der Waals surface area contributed by atoms with Crippen molar-refractivity contribution in [1.82, 2.24) is 9.97 Å². The van der Waals surface area contributed by atoms with Gasteiger partial charge in [-0.05, 0) is 30.7 Å². The highest BCUT2D eigenvalue weighted by molar-refractivity contribution is 5.96. The molecule has 0 bridgehead atoms. The zero-order chi connectivity index (χ0) is 27.6. The summed E-state index contributed by atoms with van der Waals surface area (Å²) in [5, 5.41) is 20.9. The molecule has 39 heavy (non-hydrogen) atoms. The van der Waals surface area contributed by atoms with Crippen LogP contribution in [0.1, 0.15) is 72.6 Å². The van der Waals surface area contributed by atoms with Gasteiger partial charge in [0, 0.05) is 16.7 Å². The highest BCUT2D eigenvalue weighted by Gasteiger charge is 2.20. The summed E-state index contributed by atoms with van der Waals surface area (Å²) in [5.74, 6) is -2.23. The number of unbranched alkanes of at least 4 members (excludes halogenated alkanes) is 5. The molecule has 0 fully saturated rings. The number of hydrogen-bond donors (Lipinski definition) is 2. The molecule has 0 atom stereocenters. The number of fused-ring (bicyclic) bond motifs is 2. The van der Waals surface area contributed by atoms with E-state index in [-0.39, 0.29) is 42.0 Å². The van der Waals surface area contributed by atoms with Crippen LogP contribution < -0.4 is 9.47 Å². The van der Waals surface area contributed by atoms with Crippen LogP contribution in [0.3, 0.4) is 0 Å². The Morgan fingerprint density at radius 2 is 1.18 bits per heavy atom. The molecule has 8 heteroatoms. The van der Waals surface area contributed by atoms with E-state index < -0.39 is 11.9 Å². The Kier molecular flexibility index (Phi) is 9.67. The fourth-order valence-electron chi connectivity index (χ4n) is 4.54. The standard InChI is InChI=1S/C31H34N2O6/c1-2-3-4-5-6-7-12-21(19-38-28-24(30(34)35)17-22-13-8-10-15-26(22)32-28)20-39-29-25(31(36)37)18-23-14-9-11-16-27(23)33-29/h8-11,13-18,21H,2-7,12,19-20H2,1H3,(H,34,35)(H,36,37). The summed E-state index contributed by atoms with van der Waals surface area (Å²) in [5.41, 5.74) is 1.29. The smallest absolute Gasteiger partial charge is 0.341 e. The van der Waals surface area contributed by atoms with E-state index in [0.29, 0.717) is 11.0 Å². The van der Waals surface area contributed by atoms with Crippen LogP contribution in [-0.4, -0.2) is 45.3 Å².